The van der Waals surface area contributed by atoms with Crippen molar-refractivity contribution in [2.45, 2.75) is 12.5 Å². The molecule has 84 valence electrons. The molecule has 2 rings (SSSR count). The summed E-state index contributed by atoms with van der Waals surface area (Å²) in [5.74, 6) is -0.354. The van der Waals surface area contributed by atoms with E-state index in [2.05, 4.69) is 4.98 Å². The molecule has 0 bridgehead atoms. The summed E-state index contributed by atoms with van der Waals surface area (Å²) in [6.07, 6.45) is 1.05. The Morgan fingerprint density at radius 3 is 3.00 bits per heavy atom. The molecule has 0 aliphatic carbocycles. The molecule has 1 atom stereocenters. The van der Waals surface area contributed by atoms with Crippen LogP contribution in [0.1, 0.15) is 16.5 Å². The lowest BCUT2D eigenvalue weighted by Crippen LogP contribution is -2.01. The van der Waals surface area contributed by atoms with Gasteiger partial charge in [0.2, 0.25) is 0 Å². The molecule has 0 saturated carbocycles. The standard InChI is InChI=1S/C11H9ClFNOS/c12-8-1-2-9(13)7(3-8)4-10(15)11-5-14-6-16-11/h1-3,5-6,10,15H,4H2. The maximum Gasteiger partial charge on any atom is 0.126 e. The van der Waals surface area contributed by atoms with Gasteiger partial charge in [0.05, 0.1) is 16.5 Å². The van der Waals surface area contributed by atoms with Gasteiger partial charge in [0.1, 0.15) is 5.82 Å². The lowest BCUT2D eigenvalue weighted by Gasteiger charge is -2.09. The Labute approximate surface area is 101 Å². The van der Waals surface area contributed by atoms with Crippen LogP contribution in [0.4, 0.5) is 4.39 Å². The van der Waals surface area contributed by atoms with Gasteiger partial charge in [-0.2, -0.15) is 0 Å². The summed E-state index contributed by atoms with van der Waals surface area (Å²) in [4.78, 5) is 4.59. The second-order valence-electron chi connectivity index (χ2n) is 3.36. The minimum absolute atomic E-state index is 0.203. The first-order chi connectivity index (χ1) is 7.66. The number of aromatic nitrogens is 1. The van der Waals surface area contributed by atoms with Crippen molar-refractivity contribution in [3.8, 4) is 0 Å². The Hall–Kier alpha value is -0.970. The average molecular weight is 258 g/mol. The van der Waals surface area contributed by atoms with Gasteiger partial charge in [-0.05, 0) is 23.8 Å². The summed E-state index contributed by atoms with van der Waals surface area (Å²) in [5.41, 5.74) is 2.04. The maximum atomic E-state index is 13.4. The summed E-state index contributed by atoms with van der Waals surface area (Å²) < 4.78 is 13.4. The van der Waals surface area contributed by atoms with Gasteiger partial charge in [-0.3, -0.25) is 4.98 Å². The van der Waals surface area contributed by atoms with Gasteiger partial charge in [0.25, 0.3) is 0 Å². The summed E-state index contributed by atoms with van der Waals surface area (Å²) in [7, 11) is 0. The number of nitrogens with zero attached hydrogens (tertiary/aromatic N) is 1. The molecule has 1 unspecified atom stereocenters. The molecule has 2 aromatic rings. The summed E-state index contributed by atoms with van der Waals surface area (Å²) in [6, 6.07) is 4.32. The molecule has 5 heteroatoms. The number of rotatable bonds is 3. The Morgan fingerprint density at radius 2 is 2.31 bits per heavy atom. The van der Waals surface area contributed by atoms with Crippen molar-refractivity contribution in [1.29, 1.82) is 0 Å². The number of hydrogen-bond donors (Lipinski definition) is 1. The smallest absolute Gasteiger partial charge is 0.126 e. The molecule has 0 fully saturated rings. The Kier molecular flexibility index (Phi) is 3.53. The van der Waals surface area contributed by atoms with E-state index in [9.17, 15) is 9.50 Å². The van der Waals surface area contributed by atoms with Crippen molar-refractivity contribution < 1.29 is 9.50 Å². The van der Waals surface area contributed by atoms with E-state index >= 15 is 0 Å². The molecule has 1 heterocycles. The monoisotopic (exact) mass is 257 g/mol. The molecule has 0 amide bonds. The second kappa shape index (κ2) is 4.91. The molecule has 0 saturated heterocycles. The fraction of sp³-hybridized carbons (Fsp3) is 0.182. The molecule has 0 aliphatic heterocycles. The summed E-state index contributed by atoms with van der Waals surface area (Å²) in [6.45, 7) is 0. The van der Waals surface area contributed by atoms with Crippen LogP contribution in [0.5, 0.6) is 0 Å². The van der Waals surface area contributed by atoms with E-state index in [1.54, 1.807) is 11.7 Å². The van der Waals surface area contributed by atoms with E-state index < -0.39 is 6.10 Å². The highest BCUT2D eigenvalue weighted by Crippen LogP contribution is 2.24. The predicted molar refractivity (Wildman–Crippen MR) is 62.2 cm³/mol. The zero-order valence-electron chi connectivity index (χ0n) is 8.23. The number of halogens is 2. The largest absolute Gasteiger partial charge is 0.387 e. The molecule has 1 aromatic carbocycles. The third kappa shape index (κ3) is 2.58. The van der Waals surface area contributed by atoms with Crippen molar-refractivity contribution >= 4 is 22.9 Å². The van der Waals surface area contributed by atoms with Gasteiger partial charge < -0.3 is 5.11 Å². The van der Waals surface area contributed by atoms with Crippen LogP contribution in [0.15, 0.2) is 29.9 Å². The lowest BCUT2D eigenvalue weighted by atomic mass is 10.1. The third-order valence-corrected chi connectivity index (χ3v) is 3.31. The number of benzene rings is 1. The topological polar surface area (TPSA) is 33.1 Å². The van der Waals surface area contributed by atoms with Crippen molar-refractivity contribution in [2.24, 2.45) is 0 Å². The average Bonchev–Trinajstić information content (AvgIpc) is 2.76. The number of aliphatic hydroxyl groups is 1. The van der Waals surface area contributed by atoms with Gasteiger partial charge in [-0.1, -0.05) is 11.6 Å². The second-order valence-corrected chi connectivity index (χ2v) is 4.71. The van der Waals surface area contributed by atoms with Crippen molar-refractivity contribution in [3.63, 3.8) is 0 Å². The Morgan fingerprint density at radius 1 is 1.50 bits per heavy atom. The van der Waals surface area contributed by atoms with Crippen LogP contribution in [0.2, 0.25) is 5.02 Å². The number of hydrogen-bond acceptors (Lipinski definition) is 3. The molecule has 0 radical (unpaired) electrons. The first-order valence-electron chi connectivity index (χ1n) is 4.67. The number of aliphatic hydroxyl groups excluding tert-OH is 1. The molecule has 16 heavy (non-hydrogen) atoms. The van der Waals surface area contributed by atoms with Gasteiger partial charge in [-0.25, -0.2) is 4.39 Å². The van der Waals surface area contributed by atoms with E-state index in [1.165, 1.54) is 29.5 Å². The lowest BCUT2D eigenvalue weighted by molar-refractivity contribution is 0.180. The van der Waals surface area contributed by atoms with E-state index in [0.717, 1.165) is 4.88 Å². The van der Waals surface area contributed by atoms with Gasteiger partial charge in [0.15, 0.2) is 0 Å². The fourth-order valence-electron chi connectivity index (χ4n) is 1.40. The van der Waals surface area contributed by atoms with Crippen molar-refractivity contribution in [2.75, 3.05) is 0 Å². The van der Waals surface area contributed by atoms with Crippen LogP contribution >= 0.6 is 22.9 Å². The maximum absolute atomic E-state index is 13.4. The SMILES string of the molecule is OC(Cc1cc(Cl)ccc1F)c1cncs1. The zero-order chi connectivity index (χ0) is 11.5. The van der Waals surface area contributed by atoms with Gasteiger partial charge in [-0.15, -0.1) is 11.3 Å². The third-order valence-electron chi connectivity index (χ3n) is 2.20. The quantitative estimate of drug-likeness (QED) is 0.916. The molecule has 1 N–H and O–H groups in total. The van der Waals surface area contributed by atoms with Crippen LogP contribution in [-0.2, 0) is 6.42 Å². The molecular formula is C11H9ClFNOS. The minimum Gasteiger partial charge on any atom is -0.387 e. The molecular weight excluding hydrogens is 249 g/mol. The van der Waals surface area contributed by atoms with E-state index in [1.807, 2.05) is 0 Å². The molecule has 1 aromatic heterocycles. The highest BCUT2D eigenvalue weighted by molar-refractivity contribution is 7.09. The Bertz CT molecular complexity index is 475. The highest BCUT2D eigenvalue weighted by atomic mass is 35.5. The zero-order valence-corrected chi connectivity index (χ0v) is 9.80. The van der Waals surface area contributed by atoms with Crippen LogP contribution in [0, 0.1) is 5.82 Å². The van der Waals surface area contributed by atoms with E-state index in [-0.39, 0.29) is 12.2 Å². The van der Waals surface area contributed by atoms with Crippen LogP contribution < -0.4 is 0 Å². The van der Waals surface area contributed by atoms with E-state index in [4.69, 9.17) is 11.6 Å². The normalized spacial score (nSPS) is 12.7. The van der Waals surface area contributed by atoms with Crippen LogP contribution in [0.25, 0.3) is 0 Å². The predicted octanol–water partition coefficient (Wildman–Crippen LogP) is 3.21. The van der Waals surface area contributed by atoms with Crippen molar-refractivity contribution in [1.82, 2.24) is 4.98 Å². The number of thiazole rings is 1. The summed E-state index contributed by atoms with van der Waals surface area (Å²) >= 11 is 7.11. The highest BCUT2D eigenvalue weighted by Gasteiger charge is 2.13. The van der Waals surface area contributed by atoms with Gasteiger partial charge >= 0.3 is 0 Å². The van der Waals surface area contributed by atoms with Crippen LogP contribution in [-0.4, -0.2) is 10.1 Å². The van der Waals surface area contributed by atoms with E-state index in [0.29, 0.717) is 10.6 Å². The minimum atomic E-state index is -0.736. The molecule has 0 aliphatic rings. The Balaban J connectivity index is 2.17. The fourth-order valence-corrected chi connectivity index (χ4v) is 2.20. The van der Waals surface area contributed by atoms with Gasteiger partial charge in [0, 0.05) is 17.6 Å². The first kappa shape index (κ1) is 11.5. The van der Waals surface area contributed by atoms with Crippen molar-refractivity contribution in [3.05, 3.63) is 51.2 Å². The summed E-state index contributed by atoms with van der Waals surface area (Å²) in [5, 5.41) is 10.3. The molecule has 0 spiro atoms. The molecule has 2 nitrogen and oxygen atoms in total. The first-order valence-corrected chi connectivity index (χ1v) is 5.93. The van der Waals surface area contributed by atoms with Crippen LogP contribution in [0.3, 0.4) is 0 Å².